The van der Waals surface area contributed by atoms with Crippen LogP contribution in [0.5, 0.6) is 11.5 Å². The van der Waals surface area contributed by atoms with Crippen LogP contribution < -0.4 is 14.8 Å². The van der Waals surface area contributed by atoms with Gasteiger partial charge in [-0.3, -0.25) is 14.5 Å². The fourth-order valence-electron chi connectivity index (χ4n) is 3.62. The fraction of sp³-hybridized carbons (Fsp3) is 0.579. The summed E-state index contributed by atoms with van der Waals surface area (Å²) in [4.78, 5) is 29.4. The molecule has 1 atom stereocenters. The lowest BCUT2D eigenvalue weighted by Gasteiger charge is -2.32. The zero-order chi connectivity index (χ0) is 20.1. The van der Waals surface area contributed by atoms with Crippen molar-refractivity contribution in [1.82, 2.24) is 9.80 Å². The van der Waals surface area contributed by atoms with Crippen molar-refractivity contribution in [1.29, 1.82) is 0 Å². The second kappa shape index (κ2) is 9.71. The molecule has 7 nitrogen and oxygen atoms in total. The molecule has 1 aromatic rings. The summed E-state index contributed by atoms with van der Waals surface area (Å²) in [6.45, 7) is 2.49. The van der Waals surface area contributed by atoms with E-state index in [0.717, 1.165) is 44.0 Å². The van der Waals surface area contributed by atoms with Crippen LogP contribution in [-0.2, 0) is 9.59 Å². The first-order valence-corrected chi connectivity index (χ1v) is 10.9. The number of likely N-dealkylation sites (tertiary alicyclic amines) is 1. The van der Waals surface area contributed by atoms with Crippen LogP contribution in [0.3, 0.4) is 0 Å². The maximum absolute atomic E-state index is 12.9. The minimum absolute atomic E-state index is 0.149. The van der Waals surface area contributed by atoms with E-state index in [1.807, 2.05) is 21.6 Å². The van der Waals surface area contributed by atoms with Crippen molar-refractivity contribution in [3.05, 3.63) is 17.2 Å². The highest BCUT2D eigenvalue weighted by Gasteiger charge is 2.35. The van der Waals surface area contributed by atoms with Crippen molar-refractivity contribution in [2.24, 2.45) is 0 Å². The molecule has 0 saturated carbocycles. The predicted molar refractivity (Wildman–Crippen MR) is 112 cm³/mol. The van der Waals surface area contributed by atoms with E-state index in [1.54, 1.807) is 12.1 Å². The number of nitrogens with one attached hydrogen (secondary N) is 1. The van der Waals surface area contributed by atoms with Gasteiger partial charge in [-0.1, -0.05) is 11.6 Å². The van der Waals surface area contributed by atoms with E-state index in [2.05, 4.69) is 5.32 Å². The number of benzene rings is 1. The number of hydrogen-bond donors (Lipinski definition) is 1. The SMILES string of the molecule is COc1cc(OC)c(NC(=O)CN2CCCC2C(=O)N2CCSCC2)cc1Cl. The van der Waals surface area contributed by atoms with Crippen molar-refractivity contribution >= 4 is 40.9 Å². The van der Waals surface area contributed by atoms with Crippen LogP contribution in [0, 0.1) is 0 Å². The molecule has 2 aliphatic rings. The van der Waals surface area contributed by atoms with E-state index in [9.17, 15) is 9.59 Å². The third kappa shape index (κ3) is 4.85. The summed E-state index contributed by atoms with van der Waals surface area (Å²) in [7, 11) is 3.04. The van der Waals surface area contributed by atoms with Gasteiger partial charge in [0.25, 0.3) is 0 Å². The van der Waals surface area contributed by atoms with E-state index in [-0.39, 0.29) is 24.4 Å². The van der Waals surface area contributed by atoms with Gasteiger partial charge in [0, 0.05) is 30.7 Å². The van der Waals surface area contributed by atoms with Crippen molar-refractivity contribution in [2.75, 3.05) is 57.2 Å². The first-order valence-electron chi connectivity index (χ1n) is 9.35. The van der Waals surface area contributed by atoms with Gasteiger partial charge in [-0.05, 0) is 25.5 Å². The molecule has 2 amide bonds. The van der Waals surface area contributed by atoms with Crippen molar-refractivity contribution in [2.45, 2.75) is 18.9 Å². The maximum atomic E-state index is 12.9. The molecule has 0 radical (unpaired) electrons. The number of halogens is 1. The Morgan fingerprint density at radius 2 is 1.89 bits per heavy atom. The zero-order valence-corrected chi connectivity index (χ0v) is 17.8. The van der Waals surface area contributed by atoms with Gasteiger partial charge in [0.2, 0.25) is 11.8 Å². The van der Waals surface area contributed by atoms with Gasteiger partial charge < -0.3 is 19.7 Å². The molecule has 2 aliphatic heterocycles. The molecule has 3 rings (SSSR count). The summed E-state index contributed by atoms with van der Waals surface area (Å²) in [6, 6.07) is 3.03. The van der Waals surface area contributed by atoms with E-state index in [0.29, 0.717) is 22.2 Å². The van der Waals surface area contributed by atoms with Gasteiger partial charge >= 0.3 is 0 Å². The molecule has 1 N–H and O–H groups in total. The van der Waals surface area contributed by atoms with E-state index >= 15 is 0 Å². The number of nitrogens with zero attached hydrogens (tertiary/aromatic N) is 2. The van der Waals surface area contributed by atoms with Crippen LogP contribution in [0.2, 0.25) is 5.02 Å². The zero-order valence-electron chi connectivity index (χ0n) is 16.2. The standard InChI is InChI=1S/C19H26ClN3O4S/c1-26-16-11-17(27-2)14(10-13(16)20)21-18(24)12-23-5-3-4-15(23)19(25)22-6-8-28-9-7-22/h10-11,15H,3-9,12H2,1-2H3,(H,21,24). The molecule has 1 aromatic carbocycles. The number of carbonyl (C=O) groups is 2. The molecule has 2 fully saturated rings. The summed E-state index contributed by atoms with van der Waals surface area (Å²) in [5.74, 6) is 2.86. The van der Waals surface area contributed by atoms with Gasteiger partial charge in [-0.15, -0.1) is 0 Å². The highest BCUT2D eigenvalue weighted by molar-refractivity contribution is 7.99. The highest BCUT2D eigenvalue weighted by Crippen LogP contribution is 2.36. The van der Waals surface area contributed by atoms with Gasteiger partial charge in [-0.2, -0.15) is 11.8 Å². The number of anilines is 1. The molecule has 28 heavy (non-hydrogen) atoms. The molecule has 0 aliphatic carbocycles. The number of methoxy groups -OCH3 is 2. The van der Waals surface area contributed by atoms with Gasteiger partial charge in [0.1, 0.15) is 11.5 Å². The summed E-state index contributed by atoms with van der Waals surface area (Å²) in [5.41, 5.74) is 0.480. The summed E-state index contributed by atoms with van der Waals surface area (Å²) in [6.07, 6.45) is 1.72. The number of amides is 2. The Labute approximate surface area is 174 Å². The van der Waals surface area contributed by atoms with Crippen LogP contribution in [0.25, 0.3) is 0 Å². The second-order valence-corrected chi connectivity index (χ2v) is 8.43. The van der Waals surface area contributed by atoms with Gasteiger partial charge in [-0.25, -0.2) is 0 Å². The molecule has 154 valence electrons. The van der Waals surface area contributed by atoms with Crippen LogP contribution in [0.15, 0.2) is 12.1 Å². The lowest BCUT2D eigenvalue weighted by molar-refractivity contribution is -0.136. The molecule has 9 heteroatoms. The van der Waals surface area contributed by atoms with Crippen LogP contribution >= 0.6 is 23.4 Å². The molecule has 2 saturated heterocycles. The second-order valence-electron chi connectivity index (χ2n) is 6.80. The van der Waals surface area contributed by atoms with E-state index < -0.39 is 0 Å². The predicted octanol–water partition coefficient (Wildman–Crippen LogP) is 2.34. The van der Waals surface area contributed by atoms with Crippen molar-refractivity contribution in [3.63, 3.8) is 0 Å². The van der Waals surface area contributed by atoms with Crippen LogP contribution in [-0.4, -0.2) is 79.6 Å². The third-order valence-electron chi connectivity index (χ3n) is 5.07. The monoisotopic (exact) mass is 427 g/mol. The number of carbonyl (C=O) groups excluding carboxylic acids is 2. The average Bonchev–Trinajstić information content (AvgIpc) is 3.16. The Kier molecular flexibility index (Phi) is 7.31. The summed E-state index contributed by atoms with van der Waals surface area (Å²) < 4.78 is 10.5. The topological polar surface area (TPSA) is 71.1 Å². The Hall–Kier alpha value is -1.64. The van der Waals surface area contributed by atoms with Crippen LogP contribution in [0.4, 0.5) is 5.69 Å². The van der Waals surface area contributed by atoms with Gasteiger partial charge in [0.15, 0.2) is 0 Å². The average molecular weight is 428 g/mol. The van der Waals surface area contributed by atoms with Crippen LogP contribution in [0.1, 0.15) is 12.8 Å². The Morgan fingerprint density at radius 1 is 1.18 bits per heavy atom. The summed E-state index contributed by atoms with van der Waals surface area (Å²) >= 11 is 8.04. The first kappa shape index (κ1) is 21.1. The molecule has 2 heterocycles. The summed E-state index contributed by atoms with van der Waals surface area (Å²) in [5, 5.41) is 3.23. The largest absolute Gasteiger partial charge is 0.495 e. The number of hydrogen-bond acceptors (Lipinski definition) is 6. The number of rotatable bonds is 6. The normalized spacial score (nSPS) is 20.1. The molecular formula is C19H26ClN3O4S. The molecule has 0 aromatic heterocycles. The number of thioether (sulfide) groups is 1. The molecule has 0 bridgehead atoms. The first-order chi connectivity index (χ1) is 13.5. The Bertz CT molecular complexity index is 727. The maximum Gasteiger partial charge on any atom is 0.239 e. The minimum Gasteiger partial charge on any atom is -0.495 e. The number of ether oxygens (including phenoxy) is 2. The fourth-order valence-corrected chi connectivity index (χ4v) is 4.77. The minimum atomic E-state index is -0.213. The molecule has 1 unspecified atom stereocenters. The molecule has 0 spiro atoms. The molecular weight excluding hydrogens is 402 g/mol. The lowest BCUT2D eigenvalue weighted by Crippen LogP contribution is -2.49. The Morgan fingerprint density at radius 3 is 2.57 bits per heavy atom. The van der Waals surface area contributed by atoms with Crippen molar-refractivity contribution in [3.8, 4) is 11.5 Å². The quantitative estimate of drug-likeness (QED) is 0.751. The smallest absolute Gasteiger partial charge is 0.239 e. The van der Waals surface area contributed by atoms with E-state index in [1.165, 1.54) is 14.2 Å². The Balaban J connectivity index is 1.64. The van der Waals surface area contributed by atoms with Crippen molar-refractivity contribution < 1.29 is 19.1 Å². The van der Waals surface area contributed by atoms with E-state index in [4.69, 9.17) is 21.1 Å². The lowest BCUT2D eigenvalue weighted by atomic mass is 10.2. The van der Waals surface area contributed by atoms with Gasteiger partial charge in [0.05, 0.1) is 37.5 Å². The highest BCUT2D eigenvalue weighted by atomic mass is 35.5. The third-order valence-corrected chi connectivity index (χ3v) is 6.30.